The molecule has 0 aromatic heterocycles. The maximum Gasteiger partial charge on any atom is 0.361 e. The topological polar surface area (TPSA) is 26.3 Å². The first kappa shape index (κ1) is 27.4. The van der Waals surface area contributed by atoms with Gasteiger partial charge in [-0.25, -0.2) is 4.79 Å². The van der Waals surface area contributed by atoms with Crippen LogP contribution < -0.4 is 0 Å². The summed E-state index contributed by atoms with van der Waals surface area (Å²) in [6, 6.07) is 0. The van der Waals surface area contributed by atoms with E-state index in [1.54, 1.807) is 0 Å². The summed E-state index contributed by atoms with van der Waals surface area (Å²) in [4.78, 5) is 11.6. The van der Waals surface area contributed by atoms with Gasteiger partial charge in [-0.2, -0.15) is 0 Å². The highest BCUT2D eigenvalue weighted by Gasteiger charge is 2.14. The Hall–Kier alpha value is -0.570. The number of hydrogen-bond acceptors (Lipinski definition) is 2. The summed E-state index contributed by atoms with van der Waals surface area (Å²) in [5.41, 5.74) is 0. The van der Waals surface area contributed by atoms with E-state index in [1.807, 2.05) is 21.1 Å². The molecule has 3 nitrogen and oxygen atoms in total. The van der Waals surface area contributed by atoms with Gasteiger partial charge in [-0.15, -0.1) is 0 Å². The Labute approximate surface area is 177 Å². The molecule has 0 bridgehead atoms. The summed E-state index contributed by atoms with van der Waals surface area (Å²) in [5, 5.41) is 0. The number of unbranched alkanes of at least 4 members (excludes halogenated alkanes) is 17. The molecular formula is C25H52NO2+. The van der Waals surface area contributed by atoms with Crippen molar-refractivity contribution in [2.24, 2.45) is 0 Å². The van der Waals surface area contributed by atoms with Crippen LogP contribution in [-0.2, 0) is 9.53 Å². The summed E-state index contributed by atoms with van der Waals surface area (Å²) in [7, 11) is 6.03. The minimum atomic E-state index is -0.0699. The maximum atomic E-state index is 11.6. The predicted octanol–water partition coefficient (Wildman–Crippen LogP) is 7.28. The Bertz CT molecular complexity index is 336. The monoisotopic (exact) mass is 398 g/mol. The van der Waals surface area contributed by atoms with Gasteiger partial charge in [0.15, 0.2) is 6.54 Å². The van der Waals surface area contributed by atoms with E-state index in [0.717, 1.165) is 6.42 Å². The van der Waals surface area contributed by atoms with Gasteiger partial charge in [-0.1, -0.05) is 116 Å². The van der Waals surface area contributed by atoms with Crippen molar-refractivity contribution in [1.29, 1.82) is 0 Å². The van der Waals surface area contributed by atoms with Gasteiger partial charge in [0.25, 0.3) is 0 Å². The lowest BCUT2D eigenvalue weighted by Crippen LogP contribution is -2.40. The molecule has 0 N–H and O–H groups in total. The smallest absolute Gasteiger partial charge is 0.361 e. The third-order valence-corrected chi connectivity index (χ3v) is 5.36. The van der Waals surface area contributed by atoms with Crippen LogP contribution in [0.1, 0.15) is 122 Å². The molecule has 0 rings (SSSR count). The van der Waals surface area contributed by atoms with Crippen LogP contribution in [0.25, 0.3) is 0 Å². The van der Waals surface area contributed by atoms with Crippen molar-refractivity contribution >= 4 is 5.97 Å². The van der Waals surface area contributed by atoms with Crippen LogP contribution in [0.2, 0.25) is 0 Å². The number of nitrogens with zero attached hydrogens (tertiary/aromatic N) is 1. The third kappa shape index (κ3) is 23.5. The van der Waals surface area contributed by atoms with Gasteiger partial charge >= 0.3 is 5.97 Å². The number of esters is 1. The molecule has 28 heavy (non-hydrogen) atoms. The van der Waals surface area contributed by atoms with Crippen molar-refractivity contribution in [3.8, 4) is 0 Å². The van der Waals surface area contributed by atoms with Crippen LogP contribution >= 0.6 is 0 Å². The van der Waals surface area contributed by atoms with Gasteiger partial charge in [-0.3, -0.25) is 0 Å². The zero-order valence-electron chi connectivity index (χ0n) is 19.9. The minimum absolute atomic E-state index is 0.0699. The first-order chi connectivity index (χ1) is 13.5. The fourth-order valence-electron chi connectivity index (χ4n) is 3.62. The van der Waals surface area contributed by atoms with Gasteiger partial charge in [0, 0.05) is 0 Å². The van der Waals surface area contributed by atoms with Gasteiger partial charge in [0.2, 0.25) is 0 Å². The standard InChI is InChI=1S/C25H52NO2/c1-5-6-7-8-9-10-11-12-13-14-15-16-17-18-19-20-21-22-23-28-25(27)24-26(2,3)4/h5-24H2,1-4H3/q+1. The Morgan fingerprint density at radius 1 is 0.571 bits per heavy atom. The highest BCUT2D eigenvalue weighted by molar-refractivity contribution is 5.70. The Morgan fingerprint density at radius 2 is 0.893 bits per heavy atom. The van der Waals surface area contributed by atoms with Crippen molar-refractivity contribution < 1.29 is 14.0 Å². The lowest BCUT2D eigenvalue weighted by Gasteiger charge is -2.22. The van der Waals surface area contributed by atoms with Crippen molar-refractivity contribution in [3.05, 3.63) is 0 Å². The molecule has 0 saturated carbocycles. The fourth-order valence-corrected chi connectivity index (χ4v) is 3.62. The summed E-state index contributed by atoms with van der Waals surface area (Å²) in [5.74, 6) is -0.0699. The molecule has 0 atom stereocenters. The van der Waals surface area contributed by atoms with Crippen molar-refractivity contribution in [3.63, 3.8) is 0 Å². The van der Waals surface area contributed by atoms with E-state index in [9.17, 15) is 4.79 Å². The van der Waals surface area contributed by atoms with Gasteiger partial charge < -0.3 is 9.22 Å². The normalized spacial score (nSPS) is 11.7. The van der Waals surface area contributed by atoms with Gasteiger partial charge in [-0.05, 0) is 6.42 Å². The molecule has 0 saturated heterocycles. The molecule has 0 spiro atoms. The largest absolute Gasteiger partial charge is 0.462 e. The minimum Gasteiger partial charge on any atom is -0.462 e. The second-order valence-electron chi connectivity index (χ2n) is 9.68. The third-order valence-electron chi connectivity index (χ3n) is 5.36. The highest BCUT2D eigenvalue weighted by atomic mass is 16.5. The van der Waals surface area contributed by atoms with Gasteiger partial charge in [0.1, 0.15) is 0 Å². The van der Waals surface area contributed by atoms with Crippen LogP contribution in [-0.4, -0.2) is 44.7 Å². The molecular weight excluding hydrogens is 346 g/mol. The van der Waals surface area contributed by atoms with E-state index < -0.39 is 0 Å². The molecule has 0 heterocycles. The van der Waals surface area contributed by atoms with Crippen LogP contribution in [0.5, 0.6) is 0 Å². The molecule has 0 aliphatic heterocycles. The zero-order valence-corrected chi connectivity index (χ0v) is 19.9. The van der Waals surface area contributed by atoms with E-state index in [0.29, 0.717) is 17.6 Å². The quantitative estimate of drug-likeness (QED) is 0.115. The Kier molecular flexibility index (Phi) is 19.3. The summed E-state index contributed by atoms with van der Waals surface area (Å²) >= 11 is 0. The first-order valence-electron chi connectivity index (χ1n) is 12.4. The van der Waals surface area contributed by atoms with Crippen LogP contribution in [0, 0.1) is 0 Å². The Morgan fingerprint density at radius 3 is 1.21 bits per heavy atom. The average molecular weight is 399 g/mol. The molecule has 168 valence electrons. The molecule has 0 aromatic carbocycles. The summed E-state index contributed by atoms with van der Waals surface area (Å²) < 4.78 is 5.93. The zero-order chi connectivity index (χ0) is 20.9. The highest BCUT2D eigenvalue weighted by Crippen LogP contribution is 2.14. The molecule has 0 aromatic rings. The fraction of sp³-hybridized carbons (Fsp3) is 0.960. The average Bonchev–Trinajstić information content (AvgIpc) is 2.62. The summed E-state index contributed by atoms with van der Waals surface area (Å²) in [6.45, 7) is 3.34. The van der Waals surface area contributed by atoms with Crippen LogP contribution in [0.4, 0.5) is 0 Å². The number of likely N-dealkylation sites (N-methyl/N-ethyl adjacent to an activating group) is 1. The SMILES string of the molecule is CCCCCCCCCCCCCCCCCCCCOC(=O)C[N+](C)(C)C. The first-order valence-corrected chi connectivity index (χ1v) is 12.4. The van der Waals surface area contributed by atoms with E-state index in [1.165, 1.54) is 109 Å². The molecule has 0 aliphatic carbocycles. The number of carbonyl (C=O) groups is 1. The second-order valence-corrected chi connectivity index (χ2v) is 9.68. The number of ether oxygens (including phenoxy) is 1. The second kappa shape index (κ2) is 19.7. The number of carbonyl (C=O) groups excluding carboxylic acids is 1. The Balaban J connectivity index is 3.11. The van der Waals surface area contributed by atoms with Gasteiger partial charge in [0.05, 0.1) is 27.7 Å². The van der Waals surface area contributed by atoms with E-state index in [4.69, 9.17) is 4.74 Å². The number of hydrogen-bond donors (Lipinski definition) is 0. The lowest BCUT2D eigenvalue weighted by atomic mass is 10.0. The lowest BCUT2D eigenvalue weighted by molar-refractivity contribution is -0.862. The molecule has 0 fully saturated rings. The predicted molar refractivity (Wildman–Crippen MR) is 123 cm³/mol. The molecule has 0 unspecified atom stereocenters. The molecule has 0 radical (unpaired) electrons. The molecule has 3 heteroatoms. The summed E-state index contributed by atoms with van der Waals surface area (Å²) in [6.07, 6.45) is 24.8. The van der Waals surface area contributed by atoms with Crippen molar-refractivity contribution in [2.45, 2.75) is 122 Å². The van der Waals surface area contributed by atoms with Crippen LogP contribution in [0.3, 0.4) is 0 Å². The van der Waals surface area contributed by atoms with Crippen LogP contribution in [0.15, 0.2) is 0 Å². The molecule has 0 amide bonds. The number of quaternary nitrogens is 1. The van der Waals surface area contributed by atoms with E-state index >= 15 is 0 Å². The number of rotatable bonds is 21. The van der Waals surface area contributed by atoms with E-state index in [2.05, 4.69) is 6.92 Å². The van der Waals surface area contributed by atoms with Crippen molar-refractivity contribution in [2.75, 3.05) is 34.3 Å². The van der Waals surface area contributed by atoms with E-state index in [-0.39, 0.29) is 5.97 Å². The molecule has 0 aliphatic rings. The maximum absolute atomic E-state index is 11.6. The van der Waals surface area contributed by atoms with Crippen molar-refractivity contribution in [1.82, 2.24) is 0 Å².